The predicted octanol–water partition coefficient (Wildman–Crippen LogP) is 4.97. The first-order valence-electron chi connectivity index (χ1n) is 11.9. The number of piperidine rings is 1. The van der Waals surface area contributed by atoms with E-state index in [0.29, 0.717) is 38.9 Å². The number of carbonyl (C=O) groups is 2. The topological polar surface area (TPSA) is 49.4 Å². The third-order valence-electron chi connectivity index (χ3n) is 7.24. The molecule has 170 valence electrons. The molecule has 0 radical (unpaired) electrons. The summed E-state index contributed by atoms with van der Waals surface area (Å²) in [4.78, 5) is 28.2. The highest BCUT2D eigenvalue weighted by Gasteiger charge is 2.43. The first kappa shape index (κ1) is 22.5. The fraction of sp³-hybridized carbons (Fsp3) is 0.481. The Bertz CT molecular complexity index is 960. The van der Waals surface area contributed by atoms with Crippen LogP contribution in [0.1, 0.15) is 51.0 Å². The lowest BCUT2D eigenvalue weighted by Crippen LogP contribution is -2.52. The molecule has 2 fully saturated rings. The Morgan fingerprint density at radius 3 is 2.47 bits per heavy atom. The zero-order valence-electron chi connectivity index (χ0n) is 18.9. The lowest BCUT2D eigenvalue weighted by atomic mass is 9.71. The van der Waals surface area contributed by atoms with Gasteiger partial charge in [-0.05, 0) is 67.9 Å². The van der Waals surface area contributed by atoms with E-state index in [4.69, 9.17) is 0 Å². The minimum Gasteiger partial charge on any atom is -0.356 e. The van der Waals surface area contributed by atoms with Gasteiger partial charge in [0.15, 0.2) is 0 Å². The van der Waals surface area contributed by atoms with E-state index >= 15 is 0 Å². The van der Waals surface area contributed by atoms with E-state index in [-0.39, 0.29) is 23.5 Å². The molecule has 5 heteroatoms. The molecule has 0 bridgehead atoms. The van der Waals surface area contributed by atoms with Crippen LogP contribution in [-0.4, -0.2) is 36.3 Å². The van der Waals surface area contributed by atoms with E-state index in [1.807, 2.05) is 42.2 Å². The van der Waals surface area contributed by atoms with Crippen molar-refractivity contribution in [3.8, 4) is 11.1 Å². The number of nitrogens with zero attached hydrogens (tertiary/aromatic N) is 1. The number of likely N-dealkylation sites (tertiary alicyclic amines) is 1. The molecule has 0 aromatic heterocycles. The van der Waals surface area contributed by atoms with Crippen molar-refractivity contribution in [3.05, 3.63) is 59.9 Å². The number of hydrogen-bond acceptors (Lipinski definition) is 2. The Hall–Kier alpha value is -2.69. The summed E-state index contributed by atoms with van der Waals surface area (Å²) in [5, 5.41) is 3.04. The maximum absolute atomic E-state index is 13.9. The quantitative estimate of drug-likeness (QED) is 0.695. The molecule has 1 N–H and O–H groups in total. The monoisotopic (exact) mass is 436 g/mol. The third-order valence-corrected chi connectivity index (χ3v) is 7.24. The zero-order chi connectivity index (χ0) is 22.6. The smallest absolute Gasteiger partial charge is 0.226 e. The number of halogens is 1. The van der Waals surface area contributed by atoms with Gasteiger partial charge in [0.25, 0.3) is 0 Å². The van der Waals surface area contributed by atoms with E-state index in [2.05, 4.69) is 5.32 Å². The number of nitrogens with one attached hydrogen (secondary N) is 1. The van der Waals surface area contributed by atoms with Gasteiger partial charge in [-0.3, -0.25) is 9.59 Å². The van der Waals surface area contributed by atoms with Gasteiger partial charge >= 0.3 is 0 Å². The molecule has 2 aromatic carbocycles. The van der Waals surface area contributed by atoms with Crippen LogP contribution in [0.25, 0.3) is 11.1 Å². The summed E-state index contributed by atoms with van der Waals surface area (Å²) in [6.45, 7) is 3.76. The highest BCUT2D eigenvalue weighted by Crippen LogP contribution is 2.39. The summed E-state index contributed by atoms with van der Waals surface area (Å²) in [6.07, 6.45) is 6.16. The largest absolute Gasteiger partial charge is 0.356 e. The second-order valence-electron chi connectivity index (χ2n) is 9.29. The van der Waals surface area contributed by atoms with Gasteiger partial charge < -0.3 is 10.2 Å². The number of benzene rings is 2. The molecule has 2 aromatic rings. The molecule has 1 saturated heterocycles. The molecule has 0 atom stereocenters. The van der Waals surface area contributed by atoms with Crippen LogP contribution < -0.4 is 5.32 Å². The Morgan fingerprint density at radius 1 is 1.06 bits per heavy atom. The summed E-state index contributed by atoms with van der Waals surface area (Å²) in [6, 6.07) is 14.6. The molecule has 1 aliphatic carbocycles. The van der Waals surface area contributed by atoms with Gasteiger partial charge in [-0.2, -0.15) is 0 Å². The lowest BCUT2D eigenvalue weighted by Gasteiger charge is -2.41. The van der Waals surface area contributed by atoms with Gasteiger partial charge in [0.05, 0.1) is 5.41 Å². The first-order chi connectivity index (χ1) is 15.5. The molecule has 4 rings (SSSR count). The summed E-state index contributed by atoms with van der Waals surface area (Å²) < 4.78 is 13.9. The maximum Gasteiger partial charge on any atom is 0.226 e. The van der Waals surface area contributed by atoms with Crippen LogP contribution in [0.2, 0.25) is 0 Å². The molecule has 0 spiro atoms. The van der Waals surface area contributed by atoms with Crippen LogP contribution in [-0.2, 0) is 16.0 Å². The predicted molar refractivity (Wildman–Crippen MR) is 124 cm³/mol. The molecule has 32 heavy (non-hydrogen) atoms. The Morgan fingerprint density at radius 2 is 1.78 bits per heavy atom. The van der Waals surface area contributed by atoms with Crippen LogP contribution in [0.5, 0.6) is 0 Å². The maximum atomic E-state index is 13.9. The van der Waals surface area contributed by atoms with Crippen LogP contribution >= 0.6 is 0 Å². The van der Waals surface area contributed by atoms with Gasteiger partial charge in [0.2, 0.25) is 11.8 Å². The molecule has 2 amide bonds. The van der Waals surface area contributed by atoms with E-state index in [0.717, 1.165) is 42.4 Å². The van der Waals surface area contributed by atoms with Gasteiger partial charge in [-0.1, -0.05) is 49.2 Å². The summed E-state index contributed by atoms with van der Waals surface area (Å²) in [7, 11) is 0. The molecular formula is C27H33FN2O2. The van der Waals surface area contributed by atoms with Crippen LogP contribution in [0, 0.1) is 17.2 Å². The van der Waals surface area contributed by atoms with Crippen molar-refractivity contribution in [2.45, 2.75) is 51.9 Å². The standard InChI is InChI=1S/C27H33FN2O2/c1-2-29-26(32)27(14-16-30(17-15-27)25(31)20-8-3-4-9-20)19-22-10-5-6-13-24(22)21-11-7-12-23(28)18-21/h5-7,10-13,18,20H,2-4,8-9,14-17,19H2,1H3,(H,29,32). The summed E-state index contributed by atoms with van der Waals surface area (Å²) in [5.41, 5.74) is 2.26. The van der Waals surface area contributed by atoms with E-state index in [1.54, 1.807) is 12.1 Å². The van der Waals surface area contributed by atoms with Crippen molar-refractivity contribution in [3.63, 3.8) is 0 Å². The number of amides is 2. The molecule has 1 heterocycles. The van der Waals surface area contributed by atoms with E-state index in [9.17, 15) is 14.0 Å². The third kappa shape index (κ3) is 4.72. The summed E-state index contributed by atoms with van der Waals surface area (Å²) >= 11 is 0. The fourth-order valence-corrected chi connectivity index (χ4v) is 5.39. The Kier molecular flexibility index (Phi) is 6.92. The second-order valence-corrected chi connectivity index (χ2v) is 9.29. The zero-order valence-corrected chi connectivity index (χ0v) is 18.9. The molecular weight excluding hydrogens is 403 g/mol. The molecule has 4 nitrogen and oxygen atoms in total. The SMILES string of the molecule is CCNC(=O)C1(Cc2ccccc2-c2cccc(F)c2)CCN(C(=O)C2CCCC2)CC1. The highest BCUT2D eigenvalue weighted by atomic mass is 19.1. The van der Waals surface area contributed by atoms with Crippen molar-refractivity contribution < 1.29 is 14.0 Å². The van der Waals surface area contributed by atoms with E-state index in [1.165, 1.54) is 6.07 Å². The van der Waals surface area contributed by atoms with Gasteiger partial charge in [-0.25, -0.2) is 4.39 Å². The Labute approximate surface area is 190 Å². The highest BCUT2D eigenvalue weighted by molar-refractivity contribution is 5.85. The van der Waals surface area contributed by atoms with Crippen molar-refractivity contribution in [1.29, 1.82) is 0 Å². The van der Waals surface area contributed by atoms with Crippen molar-refractivity contribution >= 4 is 11.8 Å². The van der Waals surface area contributed by atoms with Crippen LogP contribution in [0.4, 0.5) is 4.39 Å². The number of hydrogen-bond donors (Lipinski definition) is 1. The van der Waals surface area contributed by atoms with Gasteiger partial charge in [0.1, 0.15) is 5.82 Å². The number of rotatable bonds is 6. The lowest BCUT2D eigenvalue weighted by molar-refractivity contribution is -0.143. The summed E-state index contributed by atoms with van der Waals surface area (Å²) in [5.74, 6) is 0.226. The van der Waals surface area contributed by atoms with E-state index < -0.39 is 5.41 Å². The second kappa shape index (κ2) is 9.85. The normalized spacial score (nSPS) is 18.5. The number of carbonyl (C=O) groups excluding carboxylic acids is 2. The van der Waals surface area contributed by atoms with Crippen LogP contribution in [0.3, 0.4) is 0 Å². The Balaban J connectivity index is 1.58. The average Bonchev–Trinajstić information content (AvgIpc) is 3.35. The fourth-order valence-electron chi connectivity index (χ4n) is 5.39. The minimum atomic E-state index is -0.564. The minimum absolute atomic E-state index is 0.0574. The van der Waals surface area contributed by atoms with Gasteiger partial charge in [0, 0.05) is 25.6 Å². The van der Waals surface area contributed by atoms with Gasteiger partial charge in [-0.15, -0.1) is 0 Å². The average molecular weight is 437 g/mol. The van der Waals surface area contributed by atoms with Crippen molar-refractivity contribution in [1.82, 2.24) is 10.2 Å². The molecule has 1 saturated carbocycles. The molecule has 2 aliphatic rings. The molecule has 0 unspecified atom stereocenters. The van der Waals surface area contributed by atoms with Crippen molar-refractivity contribution in [2.24, 2.45) is 11.3 Å². The van der Waals surface area contributed by atoms with Crippen molar-refractivity contribution in [2.75, 3.05) is 19.6 Å². The van der Waals surface area contributed by atoms with Crippen LogP contribution in [0.15, 0.2) is 48.5 Å². The molecule has 1 aliphatic heterocycles. The first-order valence-corrected chi connectivity index (χ1v) is 11.9.